The number of ether oxygens (including phenoxy) is 1. The lowest BCUT2D eigenvalue weighted by Crippen LogP contribution is -2.37. The molecule has 0 saturated carbocycles. The minimum absolute atomic E-state index is 0.340. The number of aliphatic hydroxyl groups is 1. The zero-order valence-corrected chi connectivity index (χ0v) is 9.85. The summed E-state index contributed by atoms with van der Waals surface area (Å²) in [6.07, 6.45) is 0.618. The molecule has 0 spiro atoms. The number of nitrogens with one attached hydrogen (secondary N) is 1. The number of anilines is 2. The Morgan fingerprint density at radius 1 is 1.50 bits per heavy atom. The molecule has 1 aliphatic heterocycles. The number of rotatable bonds is 3. The highest BCUT2D eigenvalue weighted by atomic mass is 16.5. The van der Waals surface area contributed by atoms with Crippen LogP contribution >= 0.6 is 0 Å². The molecule has 0 amide bonds. The van der Waals surface area contributed by atoms with Crippen LogP contribution in [0.3, 0.4) is 0 Å². The Morgan fingerprint density at radius 2 is 2.39 bits per heavy atom. The SMILES string of the molecule is Nc1ccc2oc(NCC3(O)CCOC3)nc2c1. The van der Waals surface area contributed by atoms with E-state index < -0.39 is 5.60 Å². The first kappa shape index (κ1) is 11.3. The minimum Gasteiger partial charge on any atom is -0.424 e. The van der Waals surface area contributed by atoms with Crippen LogP contribution < -0.4 is 11.1 Å². The Kier molecular flexibility index (Phi) is 2.61. The Hall–Kier alpha value is -1.79. The molecule has 6 nitrogen and oxygen atoms in total. The molecule has 1 aromatic carbocycles. The van der Waals surface area contributed by atoms with Gasteiger partial charge in [-0.1, -0.05) is 0 Å². The van der Waals surface area contributed by atoms with Gasteiger partial charge in [-0.05, 0) is 18.2 Å². The molecule has 0 bridgehead atoms. The maximum atomic E-state index is 10.1. The zero-order chi connectivity index (χ0) is 12.6. The van der Waals surface area contributed by atoms with E-state index in [2.05, 4.69) is 10.3 Å². The van der Waals surface area contributed by atoms with Crippen molar-refractivity contribution < 1.29 is 14.3 Å². The summed E-state index contributed by atoms with van der Waals surface area (Å²) in [5.74, 6) is 0. The summed E-state index contributed by atoms with van der Waals surface area (Å²) in [5.41, 5.74) is 6.85. The van der Waals surface area contributed by atoms with Crippen molar-refractivity contribution >= 4 is 22.8 Å². The van der Waals surface area contributed by atoms with Crippen molar-refractivity contribution in [2.75, 3.05) is 30.8 Å². The van der Waals surface area contributed by atoms with E-state index in [1.807, 2.05) is 0 Å². The Balaban J connectivity index is 1.74. The van der Waals surface area contributed by atoms with Gasteiger partial charge in [0.2, 0.25) is 0 Å². The normalized spacial score (nSPS) is 23.6. The van der Waals surface area contributed by atoms with Gasteiger partial charge in [0.15, 0.2) is 5.58 Å². The van der Waals surface area contributed by atoms with Crippen LogP contribution in [0.4, 0.5) is 11.7 Å². The lowest BCUT2D eigenvalue weighted by atomic mass is 10.0. The Bertz CT molecular complexity index is 561. The van der Waals surface area contributed by atoms with Gasteiger partial charge in [0.05, 0.1) is 13.2 Å². The zero-order valence-electron chi connectivity index (χ0n) is 9.85. The molecule has 3 rings (SSSR count). The maximum Gasteiger partial charge on any atom is 0.295 e. The lowest BCUT2D eigenvalue weighted by Gasteiger charge is -2.19. The van der Waals surface area contributed by atoms with Crippen LogP contribution in [-0.2, 0) is 4.74 Å². The first-order valence-electron chi connectivity index (χ1n) is 5.85. The van der Waals surface area contributed by atoms with Crippen LogP contribution in [0.1, 0.15) is 6.42 Å². The minimum atomic E-state index is -0.834. The van der Waals surface area contributed by atoms with Gasteiger partial charge >= 0.3 is 0 Å². The van der Waals surface area contributed by atoms with Crippen LogP contribution in [-0.4, -0.2) is 35.5 Å². The molecule has 0 radical (unpaired) electrons. The van der Waals surface area contributed by atoms with Crippen molar-refractivity contribution in [1.29, 1.82) is 0 Å². The van der Waals surface area contributed by atoms with E-state index in [4.69, 9.17) is 14.9 Å². The molecule has 18 heavy (non-hydrogen) atoms. The highest BCUT2D eigenvalue weighted by molar-refractivity contribution is 5.78. The monoisotopic (exact) mass is 249 g/mol. The molecule has 1 aromatic heterocycles. The third-order valence-electron chi connectivity index (χ3n) is 3.06. The lowest BCUT2D eigenvalue weighted by molar-refractivity contribution is 0.0378. The first-order valence-corrected chi connectivity index (χ1v) is 5.85. The molecule has 6 heteroatoms. The van der Waals surface area contributed by atoms with Gasteiger partial charge in [-0.15, -0.1) is 0 Å². The summed E-state index contributed by atoms with van der Waals surface area (Å²) >= 11 is 0. The predicted molar refractivity (Wildman–Crippen MR) is 67.3 cm³/mol. The molecule has 2 aromatic rings. The van der Waals surface area contributed by atoms with E-state index in [1.54, 1.807) is 18.2 Å². The number of aromatic nitrogens is 1. The molecule has 96 valence electrons. The maximum absolute atomic E-state index is 10.1. The van der Waals surface area contributed by atoms with E-state index >= 15 is 0 Å². The summed E-state index contributed by atoms with van der Waals surface area (Å²) in [5, 5.41) is 13.1. The Morgan fingerprint density at radius 3 is 3.17 bits per heavy atom. The molecule has 2 heterocycles. The summed E-state index contributed by atoms with van der Waals surface area (Å²) in [6, 6.07) is 5.67. The van der Waals surface area contributed by atoms with Crippen LogP contribution in [0, 0.1) is 0 Å². The van der Waals surface area contributed by atoms with E-state index in [0.29, 0.717) is 49.0 Å². The number of nitrogen functional groups attached to an aromatic ring is 1. The fourth-order valence-corrected chi connectivity index (χ4v) is 2.00. The summed E-state index contributed by atoms with van der Waals surface area (Å²) < 4.78 is 10.7. The fraction of sp³-hybridized carbons (Fsp3) is 0.417. The largest absolute Gasteiger partial charge is 0.424 e. The number of nitrogens with zero attached hydrogens (tertiary/aromatic N) is 1. The summed E-state index contributed by atoms with van der Waals surface area (Å²) in [4.78, 5) is 4.26. The second-order valence-corrected chi connectivity index (χ2v) is 4.63. The second kappa shape index (κ2) is 4.15. The van der Waals surface area contributed by atoms with E-state index in [1.165, 1.54) is 0 Å². The molecular formula is C12H15N3O3. The van der Waals surface area contributed by atoms with Crippen LogP contribution in [0.15, 0.2) is 22.6 Å². The highest BCUT2D eigenvalue weighted by Crippen LogP contribution is 2.23. The van der Waals surface area contributed by atoms with Crippen molar-refractivity contribution in [3.63, 3.8) is 0 Å². The molecule has 1 unspecified atom stereocenters. The number of benzene rings is 1. The third kappa shape index (κ3) is 2.12. The van der Waals surface area contributed by atoms with Crippen molar-refractivity contribution in [3.05, 3.63) is 18.2 Å². The molecule has 1 aliphatic rings. The molecule has 1 atom stereocenters. The average molecular weight is 249 g/mol. The summed E-state index contributed by atoms with van der Waals surface area (Å²) in [7, 11) is 0. The Labute approximate surface area is 104 Å². The molecule has 1 fully saturated rings. The van der Waals surface area contributed by atoms with Crippen molar-refractivity contribution in [2.24, 2.45) is 0 Å². The fourth-order valence-electron chi connectivity index (χ4n) is 2.00. The van der Waals surface area contributed by atoms with Gasteiger partial charge in [-0.3, -0.25) is 0 Å². The number of nitrogens with two attached hydrogens (primary N) is 1. The van der Waals surface area contributed by atoms with Gasteiger partial charge in [-0.2, -0.15) is 4.98 Å². The molecule has 1 saturated heterocycles. The van der Waals surface area contributed by atoms with Gasteiger partial charge in [-0.25, -0.2) is 0 Å². The number of oxazole rings is 1. The van der Waals surface area contributed by atoms with Crippen molar-refractivity contribution in [2.45, 2.75) is 12.0 Å². The third-order valence-corrected chi connectivity index (χ3v) is 3.06. The quantitative estimate of drug-likeness (QED) is 0.702. The highest BCUT2D eigenvalue weighted by Gasteiger charge is 2.32. The molecule has 0 aliphatic carbocycles. The number of fused-ring (bicyclic) bond motifs is 1. The average Bonchev–Trinajstić information content (AvgIpc) is 2.93. The van der Waals surface area contributed by atoms with Gasteiger partial charge in [0, 0.05) is 18.7 Å². The van der Waals surface area contributed by atoms with Crippen LogP contribution in [0.2, 0.25) is 0 Å². The van der Waals surface area contributed by atoms with Crippen molar-refractivity contribution in [3.8, 4) is 0 Å². The first-order chi connectivity index (χ1) is 8.65. The molecule has 4 N–H and O–H groups in total. The van der Waals surface area contributed by atoms with Gasteiger partial charge < -0.3 is 25.3 Å². The van der Waals surface area contributed by atoms with Crippen molar-refractivity contribution in [1.82, 2.24) is 4.98 Å². The topological polar surface area (TPSA) is 93.5 Å². The smallest absolute Gasteiger partial charge is 0.295 e. The van der Waals surface area contributed by atoms with Crippen LogP contribution in [0.5, 0.6) is 0 Å². The second-order valence-electron chi connectivity index (χ2n) is 4.63. The van der Waals surface area contributed by atoms with E-state index in [0.717, 1.165) is 0 Å². The van der Waals surface area contributed by atoms with E-state index in [-0.39, 0.29) is 0 Å². The number of hydrogen-bond acceptors (Lipinski definition) is 6. The van der Waals surface area contributed by atoms with E-state index in [9.17, 15) is 5.11 Å². The van der Waals surface area contributed by atoms with Gasteiger partial charge in [0.25, 0.3) is 6.01 Å². The standard InChI is InChI=1S/C12H15N3O3/c13-8-1-2-10-9(5-8)15-11(18-10)14-6-12(16)3-4-17-7-12/h1-2,5,16H,3-4,6-7,13H2,(H,14,15). The number of hydrogen-bond donors (Lipinski definition) is 3. The molecular weight excluding hydrogens is 234 g/mol. The summed E-state index contributed by atoms with van der Waals surface area (Å²) in [6.45, 7) is 1.28. The predicted octanol–water partition coefficient (Wildman–Crippen LogP) is 0.973. The van der Waals surface area contributed by atoms with Crippen LogP contribution in [0.25, 0.3) is 11.1 Å². The van der Waals surface area contributed by atoms with Gasteiger partial charge in [0.1, 0.15) is 11.1 Å².